The Kier molecular flexibility index (Phi) is 3.81. The van der Waals surface area contributed by atoms with Crippen molar-refractivity contribution in [1.82, 2.24) is 4.90 Å². The fraction of sp³-hybridized carbons (Fsp3) is 0.357. The Bertz CT molecular complexity index is 380. The maximum atomic E-state index is 11.4. The van der Waals surface area contributed by atoms with Gasteiger partial charge >= 0.3 is 0 Å². The van der Waals surface area contributed by atoms with E-state index >= 15 is 0 Å². The summed E-state index contributed by atoms with van der Waals surface area (Å²) in [5, 5.41) is 0. The molecule has 2 rings (SSSR count). The van der Waals surface area contributed by atoms with Gasteiger partial charge in [0, 0.05) is 25.9 Å². The summed E-state index contributed by atoms with van der Waals surface area (Å²) >= 11 is 0. The van der Waals surface area contributed by atoms with Crippen molar-refractivity contribution < 1.29 is 9.53 Å². The third kappa shape index (κ3) is 3.09. The summed E-state index contributed by atoms with van der Waals surface area (Å²) in [5.41, 5.74) is 0. The molecule has 0 aliphatic carbocycles. The molecule has 0 spiro atoms. The van der Waals surface area contributed by atoms with Crippen LogP contribution in [0, 0.1) is 0 Å². The minimum Gasteiger partial charge on any atom is -0.490 e. The van der Waals surface area contributed by atoms with Crippen LogP contribution in [0.1, 0.15) is 12.8 Å². The van der Waals surface area contributed by atoms with Gasteiger partial charge in [-0.1, -0.05) is 24.8 Å². The Morgan fingerprint density at radius 1 is 1.29 bits per heavy atom. The molecule has 0 N–H and O–H groups in total. The maximum absolute atomic E-state index is 11.4. The molecule has 0 aromatic heterocycles. The van der Waals surface area contributed by atoms with Crippen LogP contribution in [0.3, 0.4) is 0 Å². The maximum Gasteiger partial charge on any atom is 0.245 e. The number of carbonyl (C=O) groups is 1. The van der Waals surface area contributed by atoms with E-state index in [1.165, 1.54) is 6.08 Å². The molecule has 3 nitrogen and oxygen atoms in total. The quantitative estimate of drug-likeness (QED) is 0.747. The Morgan fingerprint density at radius 3 is 2.53 bits per heavy atom. The number of ether oxygens (including phenoxy) is 1. The van der Waals surface area contributed by atoms with E-state index in [2.05, 4.69) is 6.58 Å². The highest BCUT2D eigenvalue weighted by Gasteiger charge is 2.22. The summed E-state index contributed by atoms with van der Waals surface area (Å²) in [6.07, 6.45) is 3.35. The number of likely N-dealkylation sites (tertiary alicyclic amines) is 1. The van der Waals surface area contributed by atoms with Crippen LogP contribution in [0.25, 0.3) is 0 Å². The van der Waals surface area contributed by atoms with Gasteiger partial charge in [-0.3, -0.25) is 4.79 Å². The highest BCUT2D eigenvalue weighted by molar-refractivity contribution is 5.87. The largest absolute Gasteiger partial charge is 0.490 e. The summed E-state index contributed by atoms with van der Waals surface area (Å²) in [5.74, 6) is 0.921. The van der Waals surface area contributed by atoms with Crippen molar-refractivity contribution in [2.75, 3.05) is 13.1 Å². The summed E-state index contributed by atoms with van der Waals surface area (Å²) in [6.45, 7) is 5.00. The van der Waals surface area contributed by atoms with E-state index in [0.29, 0.717) is 0 Å². The molecular weight excluding hydrogens is 214 g/mol. The van der Waals surface area contributed by atoms with Crippen LogP contribution >= 0.6 is 0 Å². The lowest BCUT2D eigenvalue weighted by Gasteiger charge is -2.31. The third-order valence-electron chi connectivity index (χ3n) is 2.97. The first-order valence-corrected chi connectivity index (χ1v) is 5.92. The highest BCUT2D eigenvalue weighted by atomic mass is 16.5. The van der Waals surface area contributed by atoms with Crippen molar-refractivity contribution in [3.8, 4) is 5.75 Å². The van der Waals surface area contributed by atoms with Crippen molar-refractivity contribution >= 4 is 5.91 Å². The van der Waals surface area contributed by atoms with E-state index in [-0.39, 0.29) is 12.0 Å². The topological polar surface area (TPSA) is 29.5 Å². The zero-order valence-electron chi connectivity index (χ0n) is 9.84. The zero-order valence-corrected chi connectivity index (χ0v) is 9.84. The average molecular weight is 231 g/mol. The molecule has 0 unspecified atom stereocenters. The first-order chi connectivity index (χ1) is 8.29. The molecule has 1 fully saturated rings. The fourth-order valence-electron chi connectivity index (χ4n) is 2.01. The van der Waals surface area contributed by atoms with E-state index < -0.39 is 0 Å². The van der Waals surface area contributed by atoms with Gasteiger partial charge < -0.3 is 9.64 Å². The molecule has 1 aliphatic heterocycles. The molecule has 3 heteroatoms. The molecule has 0 radical (unpaired) electrons. The van der Waals surface area contributed by atoms with Gasteiger partial charge in [-0.15, -0.1) is 0 Å². The summed E-state index contributed by atoms with van der Waals surface area (Å²) < 4.78 is 5.85. The Balaban J connectivity index is 1.83. The van der Waals surface area contributed by atoms with Gasteiger partial charge in [0.25, 0.3) is 0 Å². The van der Waals surface area contributed by atoms with Crippen molar-refractivity contribution in [2.45, 2.75) is 18.9 Å². The minimum atomic E-state index is 0.0168. The second-order valence-electron chi connectivity index (χ2n) is 4.16. The first kappa shape index (κ1) is 11.7. The molecule has 1 amide bonds. The van der Waals surface area contributed by atoms with Crippen LogP contribution in [0.5, 0.6) is 5.75 Å². The van der Waals surface area contributed by atoms with Gasteiger partial charge in [-0.05, 0) is 18.2 Å². The SMILES string of the molecule is C=CC(=O)N1CCC(Oc2ccccc2)CC1. The van der Waals surface area contributed by atoms with Crippen molar-refractivity contribution in [3.05, 3.63) is 43.0 Å². The molecule has 17 heavy (non-hydrogen) atoms. The van der Waals surface area contributed by atoms with Gasteiger partial charge in [0.05, 0.1) is 0 Å². The summed E-state index contributed by atoms with van der Waals surface area (Å²) in [6, 6.07) is 9.82. The number of benzene rings is 1. The van der Waals surface area contributed by atoms with E-state index in [4.69, 9.17) is 4.74 Å². The average Bonchev–Trinajstić information content (AvgIpc) is 2.40. The number of hydrogen-bond acceptors (Lipinski definition) is 2. The van der Waals surface area contributed by atoms with Crippen LogP contribution in [0.4, 0.5) is 0 Å². The molecule has 1 saturated heterocycles. The number of para-hydroxylation sites is 1. The molecule has 1 aromatic rings. The molecular formula is C14H17NO2. The minimum absolute atomic E-state index is 0.0168. The number of rotatable bonds is 3. The lowest BCUT2D eigenvalue weighted by atomic mass is 10.1. The fourth-order valence-corrected chi connectivity index (χ4v) is 2.01. The van der Waals surface area contributed by atoms with E-state index in [0.717, 1.165) is 31.7 Å². The Hall–Kier alpha value is -1.77. The van der Waals surface area contributed by atoms with E-state index in [1.54, 1.807) is 0 Å². The summed E-state index contributed by atoms with van der Waals surface area (Å²) in [7, 11) is 0. The molecule has 1 aliphatic rings. The molecule has 1 heterocycles. The third-order valence-corrected chi connectivity index (χ3v) is 2.97. The molecule has 0 saturated carbocycles. The van der Waals surface area contributed by atoms with Gasteiger partial charge in [0.2, 0.25) is 5.91 Å². The normalized spacial score (nSPS) is 16.6. The standard InChI is InChI=1S/C14H17NO2/c1-2-14(16)15-10-8-13(9-11-15)17-12-6-4-3-5-7-12/h2-7,13H,1,8-11H2. The lowest BCUT2D eigenvalue weighted by molar-refractivity contribution is -0.127. The number of hydrogen-bond donors (Lipinski definition) is 0. The second kappa shape index (κ2) is 5.53. The van der Waals surface area contributed by atoms with Gasteiger partial charge in [0.15, 0.2) is 0 Å². The highest BCUT2D eigenvalue weighted by Crippen LogP contribution is 2.18. The predicted octanol–water partition coefficient (Wildman–Crippen LogP) is 2.24. The number of nitrogens with zero attached hydrogens (tertiary/aromatic N) is 1. The van der Waals surface area contributed by atoms with Crippen LogP contribution in [0.15, 0.2) is 43.0 Å². The van der Waals surface area contributed by atoms with Gasteiger partial charge in [-0.25, -0.2) is 0 Å². The first-order valence-electron chi connectivity index (χ1n) is 5.92. The second-order valence-corrected chi connectivity index (χ2v) is 4.16. The Morgan fingerprint density at radius 2 is 1.94 bits per heavy atom. The van der Waals surface area contributed by atoms with E-state index in [1.807, 2.05) is 35.2 Å². The van der Waals surface area contributed by atoms with Crippen LogP contribution in [0.2, 0.25) is 0 Å². The van der Waals surface area contributed by atoms with Gasteiger partial charge in [-0.2, -0.15) is 0 Å². The number of carbonyl (C=O) groups excluding carboxylic acids is 1. The van der Waals surface area contributed by atoms with Crippen molar-refractivity contribution in [3.63, 3.8) is 0 Å². The number of piperidine rings is 1. The molecule has 0 atom stereocenters. The van der Waals surface area contributed by atoms with Crippen LogP contribution < -0.4 is 4.74 Å². The number of amides is 1. The van der Waals surface area contributed by atoms with Crippen LogP contribution in [-0.4, -0.2) is 30.0 Å². The van der Waals surface area contributed by atoms with Crippen LogP contribution in [-0.2, 0) is 4.79 Å². The molecule has 90 valence electrons. The Labute approximate surface area is 102 Å². The lowest BCUT2D eigenvalue weighted by Crippen LogP contribution is -2.41. The monoisotopic (exact) mass is 231 g/mol. The van der Waals surface area contributed by atoms with Crippen molar-refractivity contribution in [1.29, 1.82) is 0 Å². The predicted molar refractivity (Wildman–Crippen MR) is 66.9 cm³/mol. The smallest absolute Gasteiger partial charge is 0.245 e. The van der Waals surface area contributed by atoms with E-state index in [9.17, 15) is 4.79 Å². The molecule has 1 aromatic carbocycles. The molecule has 0 bridgehead atoms. The summed E-state index contributed by atoms with van der Waals surface area (Å²) in [4.78, 5) is 13.2. The zero-order chi connectivity index (χ0) is 12.1. The van der Waals surface area contributed by atoms with Crippen molar-refractivity contribution in [2.24, 2.45) is 0 Å². The van der Waals surface area contributed by atoms with Gasteiger partial charge in [0.1, 0.15) is 11.9 Å².